The van der Waals surface area contributed by atoms with Crippen molar-refractivity contribution < 1.29 is 92.3 Å². The van der Waals surface area contributed by atoms with Gasteiger partial charge in [0.1, 0.15) is 78.5 Å². The number of carboxylic acids is 1. The molecule has 4 aromatic carbocycles. The second kappa shape index (κ2) is 50.8. The van der Waals surface area contributed by atoms with E-state index in [2.05, 4.69) is 79.4 Å². The van der Waals surface area contributed by atoms with E-state index in [0.717, 1.165) is 28.5 Å². The van der Waals surface area contributed by atoms with Gasteiger partial charge in [-0.3, -0.25) is 67.1 Å². The van der Waals surface area contributed by atoms with Gasteiger partial charge in [-0.25, -0.2) is 4.79 Å². The van der Waals surface area contributed by atoms with Gasteiger partial charge in [-0.2, -0.15) is 0 Å². The maximum absolute atomic E-state index is 15.4. The zero-order chi connectivity index (χ0) is 87.9. The summed E-state index contributed by atoms with van der Waals surface area (Å²) < 4.78 is 0. The number of aromatic amines is 1. The molecule has 7 rings (SSSR count). The second-order valence-electron chi connectivity index (χ2n) is 29.5. The van der Waals surface area contributed by atoms with E-state index in [0.29, 0.717) is 71.8 Å². The number of aliphatic hydroxyl groups is 3. The van der Waals surface area contributed by atoms with Gasteiger partial charge < -0.3 is 123 Å². The topological polar surface area (TPSA) is 625 Å². The third kappa shape index (κ3) is 31.8. The van der Waals surface area contributed by atoms with E-state index in [1.807, 2.05) is 0 Å². The number of carbonyl (C=O) groups is 15. The van der Waals surface area contributed by atoms with Crippen LogP contribution >= 0.6 is 21.6 Å². The lowest BCUT2D eigenvalue weighted by Gasteiger charge is -2.29. The van der Waals surface area contributed by atoms with Crippen LogP contribution in [0.3, 0.4) is 0 Å². The van der Waals surface area contributed by atoms with Gasteiger partial charge in [0.2, 0.25) is 82.7 Å². The van der Waals surface area contributed by atoms with Crippen molar-refractivity contribution >= 4 is 121 Å². The fraction of sp³-hybridized carbons (Fsp3) is 0.494. The molecule has 0 spiro atoms. The van der Waals surface area contributed by atoms with Crippen molar-refractivity contribution in [2.24, 2.45) is 22.9 Å². The third-order valence-electron chi connectivity index (χ3n) is 20.1. The zero-order valence-corrected chi connectivity index (χ0v) is 68.8. The van der Waals surface area contributed by atoms with E-state index in [1.165, 1.54) is 0 Å². The fourth-order valence-corrected chi connectivity index (χ4v) is 15.7. The van der Waals surface area contributed by atoms with Crippen molar-refractivity contribution in [2.45, 2.75) is 200 Å². The number of primary amides is 1. The highest BCUT2D eigenvalue weighted by molar-refractivity contribution is 8.76. The molecule has 40 heteroatoms. The maximum Gasteiger partial charge on any atom is 0.326 e. The molecule has 1 aromatic heterocycles. The Labute approximate surface area is 707 Å². The number of nitrogens with two attached hydrogens (primary N) is 4. The normalized spacial score (nSPS) is 24.2. The molecule has 0 saturated carbocycles. The van der Waals surface area contributed by atoms with E-state index in [9.17, 15) is 78.0 Å². The van der Waals surface area contributed by atoms with E-state index in [4.69, 9.17) is 22.9 Å². The molecule has 2 aliphatic heterocycles. The fourth-order valence-electron chi connectivity index (χ4n) is 13.4. The Bertz CT molecular complexity index is 4280. The van der Waals surface area contributed by atoms with E-state index in [-0.39, 0.29) is 89.6 Å². The Balaban J connectivity index is 1.33. The van der Waals surface area contributed by atoms with Crippen LogP contribution in [-0.4, -0.2) is 256 Å². The summed E-state index contributed by atoms with van der Waals surface area (Å²) in [4.78, 5) is 221. The SMILES string of the molecule is C[C@@H](O)[C@@H]1NC(=O)[C@@H](CCCCN)NC(=O)[C@H](Cc2c[nH]c3ccccc23)NC(=O)[C@H](Cc2ccccc2)NC(=O)[C@H](Cc2ccccc2)NC(=O)[C@H](CC(N)=O)NC(=O)[C@H](CCCCN)NC(=O)[C@@H](NC(=O)[C@@H]2CCCN2)CSSC[C@@H](C(=O)N[C@@H](CCCCN)C(=O)O)NC(=O)[C@H](CO)NC(=O)[C@H](CO)NC(=O)[C@@H](Cc2ccccc2)NC1=O. The van der Waals surface area contributed by atoms with E-state index < -0.39 is 205 Å². The van der Waals surface area contributed by atoms with Crippen molar-refractivity contribution in [3.63, 3.8) is 0 Å². The number of carboxylic acid groups (broad SMARTS) is 1. The zero-order valence-electron chi connectivity index (χ0n) is 67.2. The van der Waals surface area contributed by atoms with Crippen LogP contribution in [0, 0.1) is 0 Å². The Hall–Kier alpha value is -11.1. The lowest BCUT2D eigenvalue weighted by atomic mass is 10.00. The second-order valence-corrected chi connectivity index (χ2v) is 32.1. The van der Waals surface area contributed by atoms with Crippen LogP contribution in [0.15, 0.2) is 121 Å². The third-order valence-corrected chi connectivity index (χ3v) is 22.5. The smallest absolute Gasteiger partial charge is 0.326 e. The number of aliphatic carboxylic acids is 1. The summed E-state index contributed by atoms with van der Waals surface area (Å²) in [5.74, 6) is -17.1. The Morgan fingerprint density at radius 2 is 0.876 bits per heavy atom. The monoisotopic (exact) mass is 1720 g/mol. The van der Waals surface area contributed by atoms with Crippen molar-refractivity contribution in [3.05, 3.63) is 144 Å². The number of unbranched alkanes of at least 4 members (excludes halogenated alkanes) is 3. The number of benzene rings is 4. The summed E-state index contributed by atoms with van der Waals surface area (Å²) in [5, 5.41) is 79.9. The first-order valence-electron chi connectivity index (χ1n) is 40.2. The van der Waals surface area contributed by atoms with Gasteiger partial charge >= 0.3 is 5.97 Å². The molecule has 14 amide bonds. The highest BCUT2D eigenvalue weighted by atomic mass is 33.1. The predicted molar refractivity (Wildman–Crippen MR) is 449 cm³/mol. The van der Waals surface area contributed by atoms with Crippen LogP contribution in [0.5, 0.6) is 0 Å². The molecule has 27 N–H and O–H groups in total. The molecule has 0 bridgehead atoms. The maximum atomic E-state index is 15.4. The van der Waals surface area contributed by atoms with Crippen LogP contribution in [0.1, 0.15) is 106 Å². The quantitative estimate of drug-likeness (QED) is 0.0152. The molecule has 0 aliphatic carbocycles. The number of nitrogens with one attached hydrogen (secondary N) is 15. The summed E-state index contributed by atoms with van der Waals surface area (Å²) in [5.41, 5.74) is 25.8. The Morgan fingerprint density at radius 1 is 0.463 bits per heavy atom. The van der Waals surface area contributed by atoms with Crippen molar-refractivity contribution in [1.82, 2.24) is 79.4 Å². The molecule has 2 saturated heterocycles. The molecular weight excluding hydrogens is 1610 g/mol. The van der Waals surface area contributed by atoms with Crippen molar-refractivity contribution in [1.29, 1.82) is 0 Å². The van der Waals surface area contributed by atoms with Gasteiger partial charge in [0, 0.05) is 54.3 Å². The van der Waals surface area contributed by atoms with Crippen molar-refractivity contribution in [3.8, 4) is 0 Å². The largest absolute Gasteiger partial charge is 0.480 e. The number of para-hydroxylation sites is 1. The molecule has 2 fully saturated rings. The highest BCUT2D eigenvalue weighted by Crippen LogP contribution is 2.25. The average molecular weight is 1720 g/mol. The van der Waals surface area contributed by atoms with Gasteiger partial charge in [-0.05, 0) is 132 Å². The number of aliphatic hydroxyl groups excluding tert-OH is 3. The standard InChI is InChI=1S/C81H113N19O19S2/c1-46(103)67-80(117)95-59(38-49-24-9-4-10-25-49)73(110)96-62(42-101)76(113)97-63(43-102)77(114)99-65(79(116)90-56(81(118)119)30-15-18-34-84)45-121-120-44-64(98-68(105)53-31-19-35-86-53)78(115)89-54(28-13-16-32-82)69(106)94-61(40-66(85)104)75(112)92-57(36-47-20-5-2-6-21-47)71(108)91-58(37-48-22-7-3-8-23-48)72(109)93-60(39-50-41-87-52-27-12-11-26-51(50)52)74(111)88-55(70(107)100-67)29-14-17-33-83/h2-12,20-27,41,46,53-65,67,86-87,101-103H,13-19,28-40,42-45,82-84H2,1H3,(H2,85,104)(H,88,111)(H,89,115)(H,90,116)(H,91,108)(H,92,112)(H,93,109)(H,94,106)(H,95,117)(H,96,110)(H,97,113)(H,98,105)(H,99,114)(H,100,107)(H,118,119)/t46-,53+,54+,55-,56+,57+,58+,59-,60+,61+,62+,63+,64+,65+,67+/m1/s1. The molecule has 3 heterocycles. The summed E-state index contributed by atoms with van der Waals surface area (Å²) in [6.45, 7) is -0.341. The van der Waals surface area contributed by atoms with Crippen LogP contribution in [0.25, 0.3) is 10.9 Å². The first-order chi connectivity index (χ1) is 58.1. The Morgan fingerprint density at radius 3 is 1.36 bits per heavy atom. The van der Waals surface area contributed by atoms with E-state index in [1.54, 1.807) is 121 Å². The predicted octanol–water partition coefficient (Wildman–Crippen LogP) is -4.40. The lowest BCUT2D eigenvalue weighted by Crippen LogP contribution is -2.63. The first kappa shape index (κ1) is 97.0. The molecule has 38 nitrogen and oxygen atoms in total. The minimum Gasteiger partial charge on any atom is -0.480 e. The van der Waals surface area contributed by atoms with E-state index >= 15 is 14.4 Å². The number of hydrogen-bond donors (Lipinski definition) is 23. The summed E-state index contributed by atoms with van der Waals surface area (Å²) >= 11 is 0. The summed E-state index contributed by atoms with van der Waals surface area (Å²) in [6.07, 6.45) is -0.0726. The average Bonchev–Trinajstić information content (AvgIpc) is 1.70. The molecular formula is C81H113N19O19S2. The van der Waals surface area contributed by atoms with Gasteiger partial charge in [-0.15, -0.1) is 0 Å². The first-order valence-corrected chi connectivity index (χ1v) is 42.7. The number of aromatic nitrogens is 1. The molecule has 2 aliphatic rings. The molecule has 0 unspecified atom stereocenters. The number of carbonyl (C=O) groups excluding carboxylic acids is 14. The minimum atomic E-state index is -1.99. The number of amides is 14. The summed E-state index contributed by atoms with van der Waals surface area (Å²) in [7, 11) is 1.68. The van der Waals surface area contributed by atoms with Gasteiger partial charge in [0.15, 0.2) is 0 Å². The lowest BCUT2D eigenvalue weighted by molar-refractivity contribution is -0.142. The number of hydrogen-bond acceptors (Lipinski definition) is 24. The highest BCUT2D eigenvalue weighted by Gasteiger charge is 2.40. The van der Waals surface area contributed by atoms with Crippen LogP contribution in [-0.2, 0) is 97.6 Å². The minimum absolute atomic E-state index is 0.118. The van der Waals surface area contributed by atoms with Crippen LogP contribution in [0.2, 0.25) is 0 Å². The summed E-state index contributed by atoms with van der Waals surface area (Å²) in [6, 6.07) is 8.82. The Kier molecular flexibility index (Phi) is 40.8. The van der Waals surface area contributed by atoms with Gasteiger partial charge in [0.25, 0.3) is 0 Å². The molecule has 121 heavy (non-hydrogen) atoms. The van der Waals surface area contributed by atoms with Gasteiger partial charge in [0.05, 0.1) is 31.8 Å². The molecule has 0 radical (unpaired) electrons. The molecule has 658 valence electrons. The van der Waals surface area contributed by atoms with Gasteiger partial charge in [-0.1, -0.05) is 131 Å². The molecule has 15 atom stereocenters. The number of rotatable bonds is 30. The van der Waals surface area contributed by atoms with Crippen LogP contribution < -0.4 is 97.4 Å². The molecule has 5 aromatic rings. The van der Waals surface area contributed by atoms with Crippen LogP contribution in [0.4, 0.5) is 0 Å². The number of H-pyrrole nitrogens is 1. The van der Waals surface area contributed by atoms with Crippen molar-refractivity contribution in [2.75, 3.05) is 50.9 Å². The number of fused-ring (bicyclic) bond motifs is 1.